The van der Waals surface area contributed by atoms with Gasteiger partial charge in [-0.25, -0.2) is 4.79 Å². The van der Waals surface area contributed by atoms with E-state index in [1.54, 1.807) is 36.2 Å². The highest BCUT2D eigenvalue weighted by Gasteiger charge is 2.61. The number of carboxylic acid groups (broad SMARTS) is 1. The highest BCUT2D eigenvalue weighted by atomic mass is 16.5. The maximum Gasteiger partial charge on any atom is 0.341 e. The Hall–Kier alpha value is -3.02. The number of benzene rings is 2. The molecular formula is C21H21NO5. The van der Waals surface area contributed by atoms with Crippen LogP contribution in [0.25, 0.3) is 0 Å². The van der Waals surface area contributed by atoms with Gasteiger partial charge in [0.05, 0.1) is 6.61 Å². The molecule has 1 aliphatic heterocycles. The minimum Gasteiger partial charge on any atom is -0.493 e. The standard InChI is InChI=1S/C21H21NO5/c1-22(14-6-8-15(9-7-14)27-13-19(23)24)20(25)17-12-21(17)10-11-26-18-5-3-2-4-16(18)21/h2-9,17H,10-13H2,1H3,(H,23,24)/t17-,21-/m0/s1. The largest absolute Gasteiger partial charge is 0.493 e. The quantitative estimate of drug-likeness (QED) is 0.879. The Balaban J connectivity index is 1.47. The number of nitrogens with zero attached hydrogens (tertiary/aromatic N) is 1. The SMILES string of the molecule is CN(C(=O)[C@@H]1C[C@]12CCOc1ccccc12)c1ccc(OCC(=O)O)cc1. The van der Waals surface area contributed by atoms with Crippen LogP contribution in [0.15, 0.2) is 48.5 Å². The lowest BCUT2D eigenvalue weighted by molar-refractivity contribution is -0.139. The first-order valence-electron chi connectivity index (χ1n) is 8.96. The van der Waals surface area contributed by atoms with E-state index in [0.717, 1.165) is 29.8 Å². The smallest absolute Gasteiger partial charge is 0.341 e. The fourth-order valence-corrected chi connectivity index (χ4v) is 3.96. The summed E-state index contributed by atoms with van der Waals surface area (Å²) in [5.74, 6) is 0.369. The van der Waals surface area contributed by atoms with Crippen LogP contribution in [0.1, 0.15) is 18.4 Å². The summed E-state index contributed by atoms with van der Waals surface area (Å²) in [7, 11) is 1.77. The van der Waals surface area contributed by atoms with Crippen molar-refractivity contribution in [2.24, 2.45) is 5.92 Å². The maximum atomic E-state index is 13.1. The van der Waals surface area contributed by atoms with Crippen molar-refractivity contribution in [1.82, 2.24) is 0 Å². The predicted octanol–water partition coefficient (Wildman–Crippen LogP) is 2.85. The molecular weight excluding hydrogens is 346 g/mol. The Bertz CT molecular complexity index is 878. The van der Waals surface area contributed by atoms with E-state index in [1.807, 2.05) is 18.2 Å². The topological polar surface area (TPSA) is 76.1 Å². The second-order valence-electron chi connectivity index (χ2n) is 7.08. The van der Waals surface area contributed by atoms with Crippen LogP contribution in [0.3, 0.4) is 0 Å². The van der Waals surface area contributed by atoms with Crippen LogP contribution in [0.4, 0.5) is 5.69 Å². The molecule has 0 saturated heterocycles. The van der Waals surface area contributed by atoms with E-state index in [4.69, 9.17) is 14.6 Å². The molecule has 1 fully saturated rings. The molecule has 1 spiro atoms. The molecule has 0 unspecified atom stereocenters. The van der Waals surface area contributed by atoms with E-state index in [9.17, 15) is 9.59 Å². The Labute approximate surface area is 157 Å². The first-order chi connectivity index (χ1) is 13.0. The van der Waals surface area contributed by atoms with Crippen LogP contribution in [-0.2, 0) is 15.0 Å². The first-order valence-corrected chi connectivity index (χ1v) is 8.96. The number of ether oxygens (including phenoxy) is 2. The molecule has 1 heterocycles. The fraction of sp³-hybridized carbons (Fsp3) is 0.333. The van der Waals surface area contributed by atoms with Gasteiger partial charge in [0.1, 0.15) is 11.5 Å². The number of hydrogen-bond donors (Lipinski definition) is 1. The van der Waals surface area contributed by atoms with Gasteiger partial charge < -0.3 is 19.5 Å². The summed E-state index contributed by atoms with van der Waals surface area (Å²) >= 11 is 0. The lowest BCUT2D eigenvalue weighted by Crippen LogP contribution is -2.32. The maximum absolute atomic E-state index is 13.1. The highest BCUT2D eigenvalue weighted by molar-refractivity contribution is 5.98. The van der Waals surface area contributed by atoms with Gasteiger partial charge in [0.25, 0.3) is 0 Å². The fourth-order valence-electron chi connectivity index (χ4n) is 3.96. The van der Waals surface area contributed by atoms with Crippen molar-refractivity contribution < 1.29 is 24.2 Å². The van der Waals surface area contributed by atoms with Crippen molar-refractivity contribution in [1.29, 1.82) is 0 Å². The van der Waals surface area contributed by atoms with E-state index in [2.05, 4.69) is 6.07 Å². The number of carboxylic acids is 1. The van der Waals surface area contributed by atoms with Crippen molar-refractivity contribution in [2.45, 2.75) is 18.3 Å². The average molecular weight is 367 g/mol. The third-order valence-corrected chi connectivity index (χ3v) is 5.52. The van der Waals surface area contributed by atoms with Gasteiger partial charge in [-0.2, -0.15) is 0 Å². The third-order valence-electron chi connectivity index (χ3n) is 5.52. The van der Waals surface area contributed by atoms with Gasteiger partial charge in [-0.05, 0) is 43.2 Å². The highest BCUT2D eigenvalue weighted by Crippen LogP contribution is 2.61. The Morgan fingerprint density at radius 1 is 1.22 bits per heavy atom. The second-order valence-corrected chi connectivity index (χ2v) is 7.08. The number of carbonyl (C=O) groups is 2. The van der Waals surface area contributed by atoms with Crippen LogP contribution >= 0.6 is 0 Å². The van der Waals surface area contributed by atoms with Crippen molar-refractivity contribution in [3.05, 3.63) is 54.1 Å². The molecule has 6 nitrogen and oxygen atoms in total. The van der Waals surface area contributed by atoms with Crippen molar-refractivity contribution in [2.75, 3.05) is 25.2 Å². The molecule has 4 rings (SSSR count). The molecule has 2 aliphatic rings. The molecule has 2 aromatic carbocycles. The lowest BCUT2D eigenvalue weighted by Gasteiger charge is -2.27. The molecule has 0 bridgehead atoms. The summed E-state index contributed by atoms with van der Waals surface area (Å²) in [5.41, 5.74) is 1.79. The summed E-state index contributed by atoms with van der Waals surface area (Å²) in [6.45, 7) is 0.250. The summed E-state index contributed by atoms with van der Waals surface area (Å²) < 4.78 is 10.9. The van der Waals surface area contributed by atoms with Crippen LogP contribution in [-0.4, -0.2) is 37.2 Å². The first kappa shape index (κ1) is 17.4. The van der Waals surface area contributed by atoms with E-state index in [1.165, 1.54) is 0 Å². The second kappa shape index (κ2) is 6.61. The molecule has 2 aromatic rings. The van der Waals surface area contributed by atoms with Gasteiger partial charge in [-0.15, -0.1) is 0 Å². The molecule has 6 heteroatoms. The number of aliphatic carboxylic acids is 1. The summed E-state index contributed by atoms with van der Waals surface area (Å²) in [5, 5.41) is 8.66. The minimum absolute atomic E-state index is 0.0458. The van der Waals surface area contributed by atoms with Crippen LogP contribution in [0.5, 0.6) is 11.5 Å². The van der Waals surface area contributed by atoms with Crippen LogP contribution in [0, 0.1) is 5.92 Å². The van der Waals surface area contributed by atoms with Gasteiger partial charge in [-0.1, -0.05) is 18.2 Å². The average Bonchev–Trinajstić information content (AvgIpc) is 3.40. The number of carbonyl (C=O) groups excluding carboxylic acids is 1. The number of rotatable bonds is 5. The number of para-hydroxylation sites is 1. The molecule has 0 radical (unpaired) electrons. The molecule has 27 heavy (non-hydrogen) atoms. The molecule has 1 amide bonds. The Morgan fingerprint density at radius 2 is 1.96 bits per heavy atom. The molecule has 1 saturated carbocycles. The molecule has 140 valence electrons. The van der Waals surface area contributed by atoms with Gasteiger partial charge in [0.2, 0.25) is 5.91 Å². The Morgan fingerprint density at radius 3 is 2.70 bits per heavy atom. The third kappa shape index (κ3) is 3.12. The van der Waals surface area contributed by atoms with Crippen molar-refractivity contribution in [3.63, 3.8) is 0 Å². The molecule has 2 atom stereocenters. The monoisotopic (exact) mass is 367 g/mol. The van der Waals surface area contributed by atoms with E-state index in [0.29, 0.717) is 12.4 Å². The van der Waals surface area contributed by atoms with E-state index >= 15 is 0 Å². The van der Waals surface area contributed by atoms with Gasteiger partial charge in [0.15, 0.2) is 6.61 Å². The van der Waals surface area contributed by atoms with E-state index in [-0.39, 0.29) is 23.8 Å². The number of amides is 1. The lowest BCUT2D eigenvalue weighted by atomic mass is 9.87. The zero-order valence-electron chi connectivity index (χ0n) is 15.1. The normalized spacial score (nSPS) is 22.5. The van der Waals surface area contributed by atoms with Crippen molar-refractivity contribution in [3.8, 4) is 11.5 Å². The van der Waals surface area contributed by atoms with Gasteiger partial charge in [-0.3, -0.25) is 4.79 Å². The predicted molar refractivity (Wildman–Crippen MR) is 99.3 cm³/mol. The van der Waals surface area contributed by atoms with Crippen LogP contribution < -0.4 is 14.4 Å². The minimum atomic E-state index is -1.03. The zero-order chi connectivity index (χ0) is 19.0. The van der Waals surface area contributed by atoms with Crippen LogP contribution in [0.2, 0.25) is 0 Å². The molecule has 0 aromatic heterocycles. The Kier molecular flexibility index (Phi) is 4.26. The summed E-state index contributed by atoms with van der Waals surface area (Å²) in [4.78, 5) is 25.3. The van der Waals surface area contributed by atoms with Gasteiger partial charge in [0, 0.05) is 29.6 Å². The summed E-state index contributed by atoms with van der Waals surface area (Å²) in [6.07, 6.45) is 1.70. The number of hydrogen-bond acceptors (Lipinski definition) is 4. The summed E-state index contributed by atoms with van der Waals surface area (Å²) in [6, 6.07) is 14.9. The van der Waals surface area contributed by atoms with Crippen molar-refractivity contribution >= 4 is 17.6 Å². The number of anilines is 1. The molecule has 1 N–H and O–H groups in total. The molecule has 1 aliphatic carbocycles. The zero-order valence-corrected chi connectivity index (χ0v) is 15.1. The van der Waals surface area contributed by atoms with E-state index < -0.39 is 5.97 Å². The number of fused-ring (bicyclic) bond motifs is 2. The van der Waals surface area contributed by atoms with Gasteiger partial charge >= 0.3 is 5.97 Å².